The minimum atomic E-state index is -3.14. The van der Waals surface area contributed by atoms with E-state index in [1.165, 1.54) is 6.26 Å². The first-order valence-electron chi connectivity index (χ1n) is 5.51. The zero-order chi connectivity index (χ0) is 11.8. The summed E-state index contributed by atoms with van der Waals surface area (Å²) >= 11 is 0. The van der Waals surface area contributed by atoms with Gasteiger partial charge in [0, 0.05) is 11.8 Å². The Morgan fingerprint density at radius 2 is 1.88 bits per heavy atom. The number of rotatable bonds is 2. The molecule has 1 fully saturated rings. The summed E-state index contributed by atoms with van der Waals surface area (Å²) in [5.74, 6) is 0. The molecule has 88 valence electrons. The highest BCUT2D eigenvalue weighted by Crippen LogP contribution is 2.36. The molecule has 0 atom stereocenters. The van der Waals surface area contributed by atoms with Gasteiger partial charge in [0.05, 0.1) is 4.90 Å². The second kappa shape index (κ2) is 3.86. The topological polar surface area (TPSA) is 60.2 Å². The summed E-state index contributed by atoms with van der Waals surface area (Å²) in [5, 5.41) is 0. The summed E-state index contributed by atoms with van der Waals surface area (Å²) in [5.41, 5.74) is 6.93. The van der Waals surface area contributed by atoms with Crippen LogP contribution in [0.15, 0.2) is 29.2 Å². The standard InChI is InChI=1S/C12H17NO2S/c1-16(14,15)11-6-4-5-10(9-11)12(13)7-2-3-8-12/h4-6,9H,2-3,7-8,13H2,1H3. The van der Waals surface area contributed by atoms with Crippen LogP contribution in [0.2, 0.25) is 0 Å². The Morgan fingerprint density at radius 1 is 1.25 bits per heavy atom. The molecule has 0 saturated heterocycles. The van der Waals surface area contributed by atoms with Gasteiger partial charge in [-0.15, -0.1) is 0 Å². The van der Waals surface area contributed by atoms with Gasteiger partial charge in [0.1, 0.15) is 0 Å². The highest BCUT2D eigenvalue weighted by atomic mass is 32.2. The molecule has 0 spiro atoms. The summed E-state index contributed by atoms with van der Waals surface area (Å²) in [7, 11) is -3.14. The van der Waals surface area contributed by atoms with Crippen molar-refractivity contribution in [2.75, 3.05) is 6.26 Å². The van der Waals surface area contributed by atoms with Gasteiger partial charge in [0.25, 0.3) is 0 Å². The van der Waals surface area contributed by atoms with E-state index in [-0.39, 0.29) is 5.54 Å². The molecule has 1 saturated carbocycles. The van der Waals surface area contributed by atoms with Crippen molar-refractivity contribution in [1.29, 1.82) is 0 Å². The summed E-state index contributed by atoms with van der Waals surface area (Å²) in [6, 6.07) is 7.05. The highest BCUT2D eigenvalue weighted by Gasteiger charge is 2.31. The molecule has 1 aliphatic rings. The SMILES string of the molecule is CS(=O)(=O)c1cccc(C2(N)CCCC2)c1. The molecule has 2 N–H and O–H groups in total. The van der Waals surface area contributed by atoms with Crippen LogP contribution in [-0.2, 0) is 15.4 Å². The molecule has 1 aromatic rings. The van der Waals surface area contributed by atoms with Crippen LogP contribution in [0, 0.1) is 0 Å². The van der Waals surface area contributed by atoms with E-state index in [2.05, 4.69) is 0 Å². The lowest BCUT2D eigenvalue weighted by molar-refractivity contribution is 0.460. The monoisotopic (exact) mass is 239 g/mol. The number of benzene rings is 1. The maximum atomic E-state index is 11.5. The zero-order valence-corrected chi connectivity index (χ0v) is 10.3. The Labute approximate surface area is 96.6 Å². The molecule has 1 aromatic carbocycles. The van der Waals surface area contributed by atoms with Gasteiger partial charge in [-0.3, -0.25) is 0 Å². The molecule has 0 amide bonds. The molecule has 2 rings (SSSR count). The molecule has 1 aliphatic carbocycles. The van der Waals surface area contributed by atoms with E-state index in [9.17, 15) is 8.42 Å². The van der Waals surface area contributed by atoms with E-state index in [1.54, 1.807) is 18.2 Å². The fourth-order valence-corrected chi connectivity index (χ4v) is 3.00. The van der Waals surface area contributed by atoms with E-state index < -0.39 is 9.84 Å². The Kier molecular flexibility index (Phi) is 2.80. The molecule has 16 heavy (non-hydrogen) atoms. The average molecular weight is 239 g/mol. The Balaban J connectivity index is 2.44. The van der Waals surface area contributed by atoms with Crippen LogP contribution in [0.4, 0.5) is 0 Å². The van der Waals surface area contributed by atoms with E-state index in [1.807, 2.05) is 6.07 Å². The van der Waals surface area contributed by atoms with Gasteiger partial charge in [-0.05, 0) is 30.5 Å². The van der Waals surface area contributed by atoms with Gasteiger partial charge in [-0.25, -0.2) is 8.42 Å². The van der Waals surface area contributed by atoms with Crippen molar-refractivity contribution in [2.45, 2.75) is 36.1 Å². The van der Waals surface area contributed by atoms with Gasteiger partial charge in [-0.2, -0.15) is 0 Å². The van der Waals surface area contributed by atoms with Gasteiger partial charge in [0.15, 0.2) is 9.84 Å². The molecule has 0 aliphatic heterocycles. The van der Waals surface area contributed by atoms with Crippen molar-refractivity contribution >= 4 is 9.84 Å². The first-order valence-corrected chi connectivity index (χ1v) is 7.40. The molecule has 0 heterocycles. The van der Waals surface area contributed by atoms with Crippen LogP contribution in [0.5, 0.6) is 0 Å². The van der Waals surface area contributed by atoms with E-state index in [0.29, 0.717) is 4.90 Å². The maximum absolute atomic E-state index is 11.5. The van der Waals surface area contributed by atoms with E-state index in [4.69, 9.17) is 5.73 Å². The Bertz CT molecular complexity index is 487. The molecule has 3 nitrogen and oxygen atoms in total. The van der Waals surface area contributed by atoms with Gasteiger partial charge < -0.3 is 5.73 Å². The summed E-state index contributed by atoms with van der Waals surface area (Å²) in [6.07, 6.45) is 5.36. The zero-order valence-electron chi connectivity index (χ0n) is 9.44. The largest absolute Gasteiger partial charge is 0.321 e. The van der Waals surface area contributed by atoms with Crippen molar-refractivity contribution < 1.29 is 8.42 Å². The summed E-state index contributed by atoms with van der Waals surface area (Å²) in [4.78, 5) is 0.363. The first kappa shape index (κ1) is 11.6. The number of sulfone groups is 1. The third-order valence-electron chi connectivity index (χ3n) is 3.33. The van der Waals surface area contributed by atoms with Crippen molar-refractivity contribution in [3.8, 4) is 0 Å². The normalized spacial score (nSPS) is 19.9. The molecule has 4 heteroatoms. The molecule has 0 aromatic heterocycles. The Morgan fingerprint density at radius 3 is 2.44 bits per heavy atom. The molecular formula is C12H17NO2S. The van der Waals surface area contributed by atoms with Gasteiger partial charge >= 0.3 is 0 Å². The van der Waals surface area contributed by atoms with Gasteiger partial charge in [-0.1, -0.05) is 25.0 Å². The minimum absolute atomic E-state index is 0.319. The van der Waals surface area contributed by atoms with Crippen LogP contribution in [0.3, 0.4) is 0 Å². The smallest absolute Gasteiger partial charge is 0.175 e. The van der Waals surface area contributed by atoms with E-state index in [0.717, 1.165) is 31.2 Å². The molecule has 0 unspecified atom stereocenters. The van der Waals surface area contributed by atoms with Gasteiger partial charge in [0.2, 0.25) is 0 Å². The lowest BCUT2D eigenvalue weighted by Gasteiger charge is -2.24. The lowest BCUT2D eigenvalue weighted by atomic mass is 9.90. The fraction of sp³-hybridized carbons (Fsp3) is 0.500. The van der Waals surface area contributed by atoms with Crippen molar-refractivity contribution in [2.24, 2.45) is 5.73 Å². The first-order chi connectivity index (χ1) is 7.42. The number of hydrogen-bond acceptors (Lipinski definition) is 3. The fourth-order valence-electron chi connectivity index (χ4n) is 2.33. The van der Waals surface area contributed by atoms with Crippen LogP contribution < -0.4 is 5.73 Å². The van der Waals surface area contributed by atoms with Crippen molar-refractivity contribution in [1.82, 2.24) is 0 Å². The summed E-state index contributed by atoms with van der Waals surface area (Å²) in [6.45, 7) is 0. The van der Waals surface area contributed by atoms with Crippen LogP contribution >= 0.6 is 0 Å². The molecule has 0 bridgehead atoms. The third-order valence-corrected chi connectivity index (χ3v) is 4.44. The Hall–Kier alpha value is -0.870. The minimum Gasteiger partial charge on any atom is -0.321 e. The van der Waals surface area contributed by atoms with Crippen molar-refractivity contribution in [3.05, 3.63) is 29.8 Å². The number of nitrogens with two attached hydrogens (primary N) is 1. The summed E-state index contributed by atoms with van der Waals surface area (Å²) < 4.78 is 22.9. The second-order valence-corrected chi connectivity index (χ2v) is 6.68. The number of hydrogen-bond donors (Lipinski definition) is 1. The van der Waals surface area contributed by atoms with Crippen molar-refractivity contribution in [3.63, 3.8) is 0 Å². The van der Waals surface area contributed by atoms with Crippen LogP contribution in [0.25, 0.3) is 0 Å². The third kappa shape index (κ3) is 2.13. The second-order valence-electron chi connectivity index (χ2n) is 4.66. The lowest BCUT2D eigenvalue weighted by Crippen LogP contribution is -2.33. The molecular weight excluding hydrogens is 222 g/mol. The molecule has 0 radical (unpaired) electrons. The van der Waals surface area contributed by atoms with E-state index >= 15 is 0 Å². The van der Waals surface area contributed by atoms with Crippen LogP contribution in [0.1, 0.15) is 31.2 Å². The van der Waals surface area contributed by atoms with Crippen LogP contribution in [-0.4, -0.2) is 14.7 Å². The quantitative estimate of drug-likeness (QED) is 0.856. The maximum Gasteiger partial charge on any atom is 0.175 e. The predicted molar refractivity (Wildman–Crippen MR) is 63.9 cm³/mol. The predicted octanol–water partition coefficient (Wildman–Crippen LogP) is 1.82. The highest BCUT2D eigenvalue weighted by molar-refractivity contribution is 7.90. The average Bonchev–Trinajstić information content (AvgIpc) is 2.66.